The van der Waals surface area contributed by atoms with Crippen LogP contribution in [-0.4, -0.2) is 22.4 Å². The molecule has 3 heteroatoms. The third-order valence-electron chi connectivity index (χ3n) is 4.19. The van der Waals surface area contributed by atoms with E-state index in [1.165, 1.54) is 50.6 Å². The van der Waals surface area contributed by atoms with Crippen LogP contribution in [0.3, 0.4) is 0 Å². The molecule has 0 bridgehead atoms. The van der Waals surface area contributed by atoms with E-state index in [0.29, 0.717) is 12.1 Å². The van der Waals surface area contributed by atoms with Crippen molar-refractivity contribution in [3.63, 3.8) is 0 Å². The zero-order chi connectivity index (χ0) is 13.5. The van der Waals surface area contributed by atoms with E-state index in [-0.39, 0.29) is 0 Å². The minimum absolute atomic E-state index is 0.597. The van der Waals surface area contributed by atoms with Crippen molar-refractivity contribution in [1.29, 1.82) is 0 Å². The number of hydrogen-bond acceptors (Lipinski definition) is 2. The first kappa shape index (κ1) is 14.6. The summed E-state index contributed by atoms with van der Waals surface area (Å²) in [5.74, 6) is 0. The van der Waals surface area contributed by atoms with Crippen LogP contribution in [0.25, 0.3) is 0 Å². The van der Waals surface area contributed by atoms with Gasteiger partial charge < -0.3 is 5.32 Å². The monoisotopic (exact) mass is 263 g/mol. The number of nitrogens with one attached hydrogen (secondary N) is 1. The Morgan fingerprint density at radius 2 is 2.16 bits per heavy atom. The fourth-order valence-corrected chi connectivity index (χ4v) is 2.92. The van der Waals surface area contributed by atoms with E-state index in [1.807, 2.05) is 0 Å². The van der Waals surface area contributed by atoms with E-state index < -0.39 is 0 Å². The van der Waals surface area contributed by atoms with Crippen LogP contribution in [0, 0.1) is 0 Å². The molecule has 19 heavy (non-hydrogen) atoms. The molecule has 1 aliphatic carbocycles. The molecule has 1 atom stereocenters. The predicted molar refractivity (Wildman–Crippen MR) is 80.4 cm³/mol. The molecular formula is C16H29N3. The third kappa shape index (κ3) is 4.64. The molecule has 2 rings (SSSR count). The molecule has 108 valence electrons. The van der Waals surface area contributed by atoms with Crippen molar-refractivity contribution in [3.05, 3.63) is 18.0 Å². The molecule has 3 nitrogen and oxygen atoms in total. The van der Waals surface area contributed by atoms with E-state index in [1.54, 1.807) is 0 Å². The lowest BCUT2D eigenvalue weighted by Gasteiger charge is -2.21. The Kier molecular flexibility index (Phi) is 5.90. The van der Waals surface area contributed by atoms with Gasteiger partial charge in [0, 0.05) is 12.2 Å². The van der Waals surface area contributed by atoms with Crippen molar-refractivity contribution in [2.45, 2.75) is 77.3 Å². The Morgan fingerprint density at radius 3 is 2.89 bits per heavy atom. The van der Waals surface area contributed by atoms with Gasteiger partial charge in [-0.3, -0.25) is 4.68 Å². The molecule has 0 aliphatic heterocycles. The van der Waals surface area contributed by atoms with Gasteiger partial charge in [-0.2, -0.15) is 5.10 Å². The normalized spacial score (nSPS) is 18.6. The molecule has 1 aromatic heterocycles. The number of aryl methyl sites for hydroxylation is 1. The molecule has 0 saturated heterocycles. The van der Waals surface area contributed by atoms with E-state index in [0.717, 1.165) is 13.0 Å². The lowest BCUT2D eigenvalue weighted by Crippen LogP contribution is -2.27. The highest BCUT2D eigenvalue weighted by atomic mass is 15.3. The molecule has 1 aromatic rings. The van der Waals surface area contributed by atoms with Crippen molar-refractivity contribution in [2.24, 2.45) is 0 Å². The quantitative estimate of drug-likeness (QED) is 0.812. The second-order valence-electron chi connectivity index (χ2n) is 5.97. The van der Waals surface area contributed by atoms with E-state index in [4.69, 9.17) is 5.10 Å². The third-order valence-corrected chi connectivity index (χ3v) is 4.19. The van der Waals surface area contributed by atoms with E-state index in [2.05, 4.69) is 36.1 Å². The van der Waals surface area contributed by atoms with Crippen LogP contribution in [0.15, 0.2) is 12.3 Å². The van der Waals surface area contributed by atoms with Crippen LogP contribution in [0.5, 0.6) is 0 Å². The number of nitrogens with zero attached hydrogens (tertiary/aromatic N) is 2. The number of hydrogen-bond donors (Lipinski definition) is 1. The van der Waals surface area contributed by atoms with Crippen molar-refractivity contribution < 1.29 is 0 Å². The van der Waals surface area contributed by atoms with Crippen LogP contribution < -0.4 is 5.32 Å². The van der Waals surface area contributed by atoms with Gasteiger partial charge in [0.1, 0.15) is 0 Å². The Balaban J connectivity index is 1.77. The molecule has 1 unspecified atom stereocenters. The summed E-state index contributed by atoms with van der Waals surface area (Å²) in [6.45, 7) is 5.61. The molecule has 1 N–H and O–H groups in total. The maximum atomic E-state index is 4.78. The molecule has 0 radical (unpaired) electrons. The fourth-order valence-electron chi connectivity index (χ4n) is 2.92. The maximum Gasteiger partial charge on any atom is 0.0625 e. The molecule has 0 aromatic carbocycles. The second-order valence-corrected chi connectivity index (χ2v) is 5.97. The van der Waals surface area contributed by atoms with Gasteiger partial charge >= 0.3 is 0 Å². The first-order valence-electron chi connectivity index (χ1n) is 8.07. The Labute approximate surface area is 117 Å². The minimum Gasteiger partial charge on any atom is -0.314 e. The van der Waals surface area contributed by atoms with Crippen molar-refractivity contribution >= 4 is 0 Å². The Morgan fingerprint density at radius 1 is 1.37 bits per heavy atom. The highest BCUT2D eigenvalue weighted by molar-refractivity contribution is 5.00. The maximum absolute atomic E-state index is 4.78. The Bertz CT molecular complexity index is 353. The van der Waals surface area contributed by atoms with Crippen molar-refractivity contribution in [3.8, 4) is 0 Å². The van der Waals surface area contributed by atoms with Gasteiger partial charge in [0.25, 0.3) is 0 Å². The second kappa shape index (κ2) is 7.68. The molecular weight excluding hydrogens is 234 g/mol. The predicted octanol–water partition coefficient (Wildman–Crippen LogP) is 3.71. The van der Waals surface area contributed by atoms with Gasteiger partial charge in [-0.25, -0.2) is 0 Å². The van der Waals surface area contributed by atoms with Crippen LogP contribution in [0.2, 0.25) is 0 Å². The van der Waals surface area contributed by atoms with Gasteiger partial charge in [-0.15, -0.1) is 0 Å². The number of rotatable bonds is 7. The summed E-state index contributed by atoms with van der Waals surface area (Å²) < 4.78 is 2.22. The molecule has 0 spiro atoms. The zero-order valence-electron chi connectivity index (χ0n) is 12.6. The first-order valence-corrected chi connectivity index (χ1v) is 8.07. The largest absolute Gasteiger partial charge is 0.314 e. The summed E-state index contributed by atoms with van der Waals surface area (Å²) in [6.07, 6.45) is 12.5. The smallest absolute Gasteiger partial charge is 0.0625 e. The van der Waals surface area contributed by atoms with Crippen molar-refractivity contribution in [1.82, 2.24) is 15.1 Å². The summed E-state index contributed by atoms with van der Waals surface area (Å²) in [4.78, 5) is 0. The fraction of sp³-hybridized carbons (Fsp3) is 0.812. The summed E-state index contributed by atoms with van der Waals surface area (Å²) in [6, 6.07) is 3.47. The molecule has 1 fully saturated rings. The van der Waals surface area contributed by atoms with Crippen LogP contribution >= 0.6 is 0 Å². The highest BCUT2D eigenvalue weighted by Gasteiger charge is 2.16. The summed E-state index contributed by atoms with van der Waals surface area (Å²) in [5.41, 5.74) is 1.26. The highest BCUT2D eigenvalue weighted by Crippen LogP contribution is 2.27. The summed E-state index contributed by atoms with van der Waals surface area (Å²) in [5, 5.41) is 8.31. The Hall–Kier alpha value is -0.830. The number of aromatic nitrogens is 2. The topological polar surface area (TPSA) is 29.9 Å². The van der Waals surface area contributed by atoms with Gasteiger partial charge in [0.05, 0.1) is 11.7 Å². The van der Waals surface area contributed by atoms with Crippen LogP contribution in [-0.2, 0) is 6.42 Å². The van der Waals surface area contributed by atoms with E-state index in [9.17, 15) is 0 Å². The van der Waals surface area contributed by atoms with Gasteiger partial charge in [0.15, 0.2) is 0 Å². The van der Waals surface area contributed by atoms with Crippen molar-refractivity contribution in [2.75, 3.05) is 6.54 Å². The standard InChI is InChI=1S/C16H29N3/c1-3-12-17-14(2)9-10-15-11-13-19(18-15)16-7-5-4-6-8-16/h11,13-14,16-17H,3-10,12H2,1-2H3. The van der Waals surface area contributed by atoms with Crippen LogP contribution in [0.4, 0.5) is 0 Å². The molecule has 0 amide bonds. The zero-order valence-corrected chi connectivity index (χ0v) is 12.6. The molecule has 1 saturated carbocycles. The lowest BCUT2D eigenvalue weighted by atomic mass is 9.96. The SMILES string of the molecule is CCCNC(C)CCc1ccn(C2CCCCC2)n1. The molecule has 1 aliphatic rings. The van der Waals surface area contributed by atoms with Gasteiger partial charge in [-0.05, 0) is 51.6 Å². The van der Waals surface area contributed by atoms with Gasteiger partial charge in [-0.1, -0.05) is 26.2 Å². The summed E-state index contributed by atoms with van der Waals surface area (Å²) >= 11 is 0. The average Bonchev–Trinajstić information content (AvgIpc) is 2.93. The van der Waals surface area contributed by atoms with Crippen LogP contribution in [0.1, 0.15) is 70.5 Å². The first-order chi connectivity index (χ1) is 9.29. The summed E-state index contributed by atoms with van der Waals surface area (Å²) in [7, 11) is 0. The molecule has 1 heterocycles. The minimum atomic E-state index is 0.597. The average molecular weight is 263 g/mol. The van der Waals surface area contributed by atoms with Gasteiger partial charge in [0.2, 0.25) is 0 Å². The lowest BCUT2D eigenvalue weighted by molar-refractivity contribution is 0.328. The van der Waals surface area contributed by atoms with E-state index >= 15 is 0 Å².